The van der Waals surface area contributed by atoms with Crippen molar-refractivity contribution in [3.05, 3.63) is 63.2 Å². The fourth-order valence-corrected chi connectivity index (χ4v) is 2.34. The first-order chi connectivity index (χ1) is 11.9. The number of likely N-dealkylation sites (N-methyl/N-ethyl adjacent to an activating group) is 1. The minimum atomic E-state index is -0.627. The van der Waals surface area contributed by atoms with E-state index in [1.54, 1.807) is 19.2 Å². The monoisotopic (exact) mass is 364 g/mol. The van der Waals surface area contributed by atoms with Crippen LogP contribution in [0.3, 0.4) is 0 Å². The predicted octanol–water partition coefficient (Wildman–Crippen LogP) is 3.41. The van der Waals surface area contributed by atoms with E-state index in [2.05, 4.69) is 0 Å². The molecule has 0 heterocycles. The van der Waals surface area contributed by atoms with Crippen molar-refractivity contribution in [2.75, 3.05) is 27.3 Å². The average Bonchev–Trinajstić information content (AvgIpc) is 2.61. The highest BCUT2D eigenvalue weighted by molar-refractivity contribution is 6.31. The van der Waals surface area contributed by atoms with E-state index < -0.39 is 10.8 Å². The molecule has 132 valence electrons. The number of carbonyl (C=O) groups is 1. The molecule has 0 aromatic heterocycles. The minimum Gasteiger partial charge on any atom is -0.493 e. The number of nitro groups is 1. The van der Waals surface area contributed by atoms with Crippen molar-refractivity contribution in [3.8, 4) is 11.5 Å². The van der Waals surface area contributed by atoms with Gasteiger partial charge in [-0.05, 0) is 24.3 Å². The molecule has 0 radical (unpaired) electrons. The number of hydrogen-bond acceptors (Lipinski definition) is 5. The molecule has 0 aliphatic heterocycles. The highest BCUT2D eigenvalue weighted by atomic mass is 35.5. The molecule has 0 spiro atoms. The van der Waals surface area contributed by atoms with Gasteiger partial charge in [-0.15, -0.1) is 0 Å². The Morgan fingerprint density at radius 1 is 1.24 bits per heavy atom. The van der Waals surface area contributed by atoms with Crippen LogP contribution in [0, 0.1) is 10.1 Å². The Morgan fingerprint density at radius 3 is 2.56 bits per heavy atom. The lowest BCUT2D eigenvalue weighted by atomic mass is 10.1. The molecule has 8 heteroatoms. The minimum absolute atomic E-state index is 0.0193. The second-order valence-corrected chi connectivity index (χ2v) is 5.58. The fourth-order valence-electron chi connectivity index (χ4n) is 2.17. The van der Waals surface area contributed by atoms with Crippen LogP contribution in [0.4, 0.5) is 5.69 Å². The van der Waals surface area contributed by atoms with Crippen LogP contribution in [0.2, 0.25) is 5.02 Å². The maximum absolute atomic E-state index is 12.4. The van der Waals surface area contributed by atoms with Crippen LogP contribution in [-0.2, 0) is 0 Å². The summed E-state index contributed by atoms with van der Waals surface area (Å²) >= 11 is 5.76. The third-order valence-electron chi connectivity index (χ3n) is 3.49. The van der Waals surface area contributed by atoms with E-state index in [1.165, 1.54) is 24.1 Å². The SMILES string of the molecule is COc1ccccc1OCCN(C)C(=O)c1ccc(Cl)cc1[N+](=O)[O-]. The second kappa shape index (κ2) is 8.34. The number of para-hydroxylation sites is 2. The van der Waals surface area contributed by atoms with Gasteiger partial charge in [-0.2, -0.15) is 0 Å². The standard InChI is InChI=1S/C17H17ClN2O5/c1-19(9-10-25-16-6-4-3-5-15(16)24-2)17(21)13-8-7-12(18)11-14(13)20(22)23/h3-8,11H,9-10H2,1-2H3. The van der Waals surface area contributed by atoms with Gasteiger partial charge < -0.3 is 14.4 Å². The summed E-state index contributed by atoms with van der Waals surface area (Å²) in [7, 11) is 3.09. The molecule has 2 rings (SSSR count). The summed E-state index contributed by atoms with van der Waals surface area (Å²) in [6.45, 7) is 0.459. The van der Waals surface area contributed by atoms with Crippen LogP contribution >= 0.6 is 11.6 Å². The Balaban J connectivity index is 2.03. The number of hydrogen-bond donors (Lipinski definition) is 0. The van der Waals surface area contributed by atoms with E-state index in [1.807, 2.05) is 12.1 Å². The van der Waals surface area contributed by atoms with Crippen molar-refractivity contribution in [2.45, 2.75) is 0 Å². The van der Waals surface area contributed by atoms with E-state index in [0.29, 0.717) is 11.5 Å². The molecule has 0 unspecified atom stereocenters. The van der Waals surface area contributed by atoms with E-state index >= 15 is 0 Å². The van der Waals surface area contributed by atoms with Crippen molar-refractivity contribution in [1.29, 1.82) is 0 Å². The number of halogens is 1. The Morgan fingerprint density at radius 2 is 1.92 bits per heavy atom. The molecular formula is C17H17ClN2O5. The first-order valence-electron chi connectivity index (χ1n) is 7.39. The van der Waals surface area contributed by atoms with Crippen molar-refractivity contribution in [2.24, 2.45) is 0 Å². The van der Waals surface area contributed by atoms with Gasteiger partial charge in [-0.25, -0.2) is 0 Å². The Labute approximate surface area is 149 Å². The average molecular weight is 365 g/mol. The molecule has 0 fully saturated rings. The molecule has 2 aromatic rings. The highest BCUT2D eigenvalue weighted by Gasteiger charge is 2.23. The third kappa shape index (κ3) is 4.60. The zero-order chi connectivity index (χ0) is 18.4. The largest absolute Gasteiger partial charge is 0.493 e. The summed E-state index contributed by atoms with van der Waals surface area (Å²) in [4.78, 5) is 24.3. The summed E-state index contributed by atoms with van der Waals surface area (Å²) in [6, 6.07) is 11.1. The van der Waals surface area contributed by atoms with Crippen molar-refractivity contribution in [3.63, 3.8) is 0 Å². The number of nitrogens with zero attached hydrogens (tertiary/aromatic N) is 2. The Hall–Kier alpha value is -2.80. The Kier molecular flexibility index (Phi) is 6.19. The molecule has 25 heavy (non-hydrogen) atoms. The predicted molar refractivity (Wildman–Crippen MR) is 93.6 cm³/mol. The second-order valence-electron chi connectivity index (χ2n) is 5.14. The summed E-state index contributed by atoms with van der Waals surface area (Å²) in [5.41, 5.74) is -0.343. The maximum atomic E-state index is 12.4. The number of ether oxygens (including phenoxy) is 2. The van der Waals surface area contributed by atoms with Gasteiger partial charge in [0.2, 0.25) is 0 Å². The fraction of sp³-hybridized carbons (Fsp3) is 0.235. The van der Waals surface area contributed by atoms with Crippen molar-refractivity contribution >= 4 is 23.2 Å². The van der Waals surface area contributed by atoms with Crippen molar-refractivity contribution < 1.29 is 19.2 Å². The summed E-state index contributed by atoms with van der Waals surface area (Å²) in [5.74, 6) is 0.667. The number of benzene rings is 2. The molecule has 0 bridgehead atoms. The topological polar surface area (TPSA) is 81.9 Å². The van der Waals surface area contributed by atoms with Crippen LogP contribution in [0.25, 0.3) is 0 Å². The highest BCUT2D eigenvalue weighted by Crippen LogP contribution is 2.26. The van der Waals surface area contributed by atoms with Gasteiger partial charge in [-0.1, -0.05) is 23.7 Å². The van der Waals surface area contributed by atoms with Gasteiger partial charge in [0.25, 0.3) is 11.6 Å². The summed E-state index contributed by atoms with van der Waals surface area (Å²) < 4.78 is 10.8. The molecule has 0 saturated heterocycles. The van der Waals surface area contributed by atoms with Gasteiger partial charge in [0.05, 0.1) is 18.6 Å². The van der Waals surface area contributed by atoms with Gasteiger partial charge in [0.15, 0.2) is 11.5 Å². The van der Waals surface area contributed by atoms with Crippen LogP contribution in [0.15, 0.2) is 42.5 Å². The van der Waals surface area contributed by atoms with Crippen molar-refractivity contribution in [1.82, 2.24) is 4.90 Å². The van der Waals surface area contributed by atoms with E-state index in [9.17, 15) is 14.9 Å². The molecule has 0 atom stereocenters. The normalized spacial score (nSPS) is 10.2. The number of nitro benzene ring substituents is 1. The number of methoxy groups -OCH3 is 1. The lowest BCUT2D eigenvalue weighted by molar-refractivity contribution is -0.385. The molecule has 0 aliphatic rings. The van der Waals surface area contributed by atoms with Crippen LogP contribution < -0.4 is 9.47 Å². The number of amides is 1. The van der Waals surface area contributed by atoms with E-state index in [-0.39, 0.29) is 29.4 Å². The van der Waals surface area contributed by atoms with E-state index in [4.69, 9.17) is 21.1 Å². The molecule has 7 nitrogen and oxygen atoms in total. The van der Waals surface area contributed by atoms with Crippen LogP contribution in [0.1, 0.15) is 10.4 Å². The molecule has 0 N–H and O–H groups in total. The quantitative estimate of drug-likeness (QED) is 0.555. The molecular weight excluding hydrogens is 348 g/mol. The third-order valence-corrected chi connectivity index (χ3v) is 3.72. The van der Waals surface area contributed by atoms with Gasteiger partial charge in [0, 0.05) is 18.1 Å². The summed E-state index contributed by atoms with van der Waals surface area (Å²) in [6.07, 6.45) is 0. The van der Waals surface area contributed by atoms with Crippen LogP contribution in [0.5, 0.6) is 11.5 Å². The molecule has 1 amide bonds. The zero-order valence-electron chi connectivity index (χ0n) is 13.8. The molecule has 0 aliphatic carbocycles. The number of rotatable bonds is 7. The maximum Gasteiger partial charge on any atom is 0.283 e. The van der Waals surface area contributed by atoms with Gasteiger partial charge >= 0.3 is 0 Å². The number of carbonyl (C=O) groups excluding carboxylic acids is 1. The zero-order valence-corrected chi connectivity index (χ0v) is 14.5. The van der Waals surface area contributed by atoms with Crippen LogP contribution in [-0.4, -0.2) is 43.0 Å². The van der Waals surface area contributed by atoms with Gasteiger partial charge in [0.1, 0.15) is 12.2 Å². The lowest BCUT2D eigenvalue weighted by Gasteiger charge is -2.18. The molecule has 0 saturated carbocycles. The first-order valence-corrected chi connectivity index (χ1v) is 7.77. The summed E-state index contributed by atoms with van der Waals surface area (Å²) in [5, 5.41) is 11.3. The lowest BCUT2D eigenvalue weighted by Crippen LogP contribution is -2.31. The smallest absolute Gasteiger partial charge is 0.283 e. The molecule has 2 aromatic carbocycles. The van der Waals surface area contributed by atoms with E-state index in [0.717, 1.165) is 6.07 Å². The first kappa shape index (κ1) is 18.5. The van der Waals surface area contributed by atoms with Gasteiger partial charge in [-0.3, -0.25) is 14.9 Å². The Bertz CT molecular complexity index is 781.